The zero-order chi connectivity index (χ0) is 12.9. The van der Waals surface area contributed by atoms with Gasteiger partial charge in [-0.25, -0.2) is 4.98 Å². The molecule has 5 heteroatoms. The molecule has 0 aliphatic rings. The second kappa shape index (κ2) is 5.82. The van der Waals surface area contributed by atoms with Crippen molar-refractivity contribution in [3.8, 4) is 0 Å². The fourth-order valence-corrected chi connectivity index (χ4v) is 1.86. The molecule has 0 saturated carbocycles. The molecule has 0 aromatic carbocycles. The Balaban J connectivity index is 2.48. The van der Waals surface area contributed by atoms with Crippen LogP contribution < -0.4 is 5.32 Å². The predicted octanol–water partition coefficient (Wildman–Crippen LogP) is 1.20. The number of aliphatic carboxylic acids is 1. The number of nitrogens with zero attached hydrogens (tertiary/aromatic N) is 2. The van der Waals surface area contributed by atoms with Gasteiger partial charge in [0.2, 0.25) is 0 Å². The summed E-state index contributed by atoms with van der Waals surface area (Å²) in [5.74, 6) is 0.168. The molecule has 0 spiro atoms. The van der Waals surface area contributed by atoms with E-state index in [1.54, 1.807) is 13.1 Å². The first-order chi connectivity index (χ1) is 7.99. The summed E-state index contributed by atoms with van der Waals surface area (Å²) < 4.78 is 1.94. The third-order valence-electron chi connectivity index (χ3n) is 3.01. The number of rotatable bonds is 7. The van der Waals surface area contributed by atoms with Gasteiger partial charge in [0.15, 0.2) is 0 Å². The van der Waals surface area contributed by atoms with E-state index in [1.165, 1.54) is 0 Å². The molecule has 0 aliphatic carbocycles. The Labute approximate surface area is 102 Å². The lowest BCUT2D eigenvalue weighted by Gasteiger charge is -2.25. The molecule has 2 N–H and O–H groups in total. The molecule has 0 saturated heterocycles. The monoisotopic (exact) mass is 239 g/mol. The summed E-state index contributed by atoms with van der Waals surface area (Å²) in [7, 11) is 1.94. The quantitative estimate of drug-likeness (QED) is 0.750. The zero-order valence-electron chi connectivity index (χ0n) is 10.7. The number of aromatic nitrogens is 2. The molecule has 0 radical (unpaired) electrons. The van der Waals surface area contributed by atoms with Gasteiger partial charge in [0.05, 0.1) is 0 Å². The van der Waals surface area contributed by atoms with Gasteiger partial charge in [0.25, 0.3) is 0 Å². The van der Waals surface area contributed by atoms with Crippen LogP contribution in [0, 0.1) is 0 Å². The molecule has 0 bridgehead atoms. The van der Waals surface area contributed by atoms with Crippen molar-refractivity contribution in [1.29, 1.82) is 0 Å². The van der Waals surface area contributed by atoms with Crippen LogP contribution in [0.1, 0.15) is 32.5 Å². The second-order valence-electron chi connectivity index (χ2n) is 4.52. The number of nitrogens with one attached hydrogen (secondary N) is 1. The van der Waals surface area contributed by atoms with E-state index in [0.717, 1.165) is 18.7 Å². The van der Waals surface area contributed by atoms with Crippen LogP contribution in [-0.4, -0.2) is 32.7 Å². The lowest BCUT2D eigenvalue weighted by atomic mass is 9.96. The Morgan fingerprint density at radius 2 is 2.35 bits per heavy atom. The van der Waals surface area contributed by atoms with E-state index in [1.807, 2.05) is 24.7 Å². The number of carboxylic acids is 1. The minimum atomic E-state index is -0.833. The van der Waals surface area contributed by atoms with Crippen LogP contribution in [-0.2, 0) is 18.3 Å². The molecular formula is C12H21N3O2. The highest BCUT2D eigenvalue weighted by molar-refractivity contribution is 5.78. The van der Waals surface area contributed by atoms with Crippen molar-refractivity contribution < 1.29 is 9.90 Å². The molecule has 1 unspecified atom stereocenters. The van der Waals surface area contributed by atoms with Gasteiger partial charge in [-0.2, -0.15) is 0 Å². The van der Waals surface area contributed by atoms with E-state index in [2.05, 4.69) is 10.3 Å². The first kappa shape index (κ1) is 13.7. The van der Waals surface area contributed by atoms with Gasteiger partial charge in [-0.15, -0.1) is 0 Å². The molecule has 96 valence electrons. The number of carboxylic acid groups (broad SMARTS) is 1. The molecule has 0 aliphatic heterocycles. The van der Waals surface area contributed by atoms with E-state index in [0.29, 0.717) is 13.0 Å². The number of aryl methyl sites for hydroxylation is 1. The average molecular weight is 239 g/mol. The maximum absolute atomic E-state index is 11.2. The Hall–Kier alpha value is -1.36. The fourth-order valence-electron chi connectivity index (χ4n) is 1.86. The predicted molar refractivity (Wildman–Crippen MR) is 65.9 cm³/mol. The van der Waals surface area contributed by atoms with Crippen LogP contribution in [0.5, 0.6) is 0 Å². The summed E-state index contributed by atoms with van der Waals surface area (Å²) in [5.41, 5.74) is -0.833. The van der Waals surface area contributed by atoms with Crippen molar-refractivity contribution >= 4 is 5.97 Å². The van der Waals surface area contributed by atoms with E-state index < -0.39 is 11.5 Å². The van der Waals surface area contributed by atoms with E-state index in [4.69, 9.17) is 0 Å². The molecule has 1 rings (SSSR count). The van der Waals surface area contributed by atoms with Crippen molar-refractivity contribution in [2.45, 2.75) is 38.6 Å². The van der Waals surface area contributed by atoms with E-state index in [-0.39, 0.29) is 0 Å². The Morgan fingerprint density at radius 3 is 2.82 bits per heavy atom. The van der Waals surface area contributed by atoms with Crippen LogP contribution in [0.4, 0.5) is 0 Å². The topological polar surface area (TPSA) is 67.2 Å². The van der Waals surface area contributed by atoms with Crippen molar-refractivity contribution in [2.24, 2.45) is 7.05 Å². The number of hydrogen-bond acceptors (Lipinski definition) is 3. The summed E-state index contributed by atoms with van der Waals surface area (Å²) in [6.45, 7) is 4.34. The maximum atomic E-state index is 11.2. The lowest BCUT2D eigenvalue weighted by Crippen LogP contribution is -2.50. The molecular weight excluding hydrogens is 218 g/mol. The lowest BCUT2D eigenvalue weighted by molar-refractivity contribution is -0.144. The summed E-state index contributed by atoms with van der Waals surface area (Å²) in [6, 6.07) is 0. The number of carbonyl (C=O) groups is 1. The Kier molecular flexibility index (Phi) is 4.69. The normalized spacial score (nSPS) is 14.5. The van der Waals surface area contributed by atoms with Gasteiger partial charge in [0.1, 0.15) is 11.4 Å². The Morgan fingerprint density at radius 1 is 1.65 bits per heavy atom. The maximum Gasteiger partial charge on any atom is 0.323 e. The van der Waals surface area contributed by atoms with Gasteiger partial charge >= 0.3 is 5.97 Å². The van der Waals surface area contributed by atoms with Gasteiger partial charge in [-0.1, -0.05) is 13.3 Å². The first-order valence-electron chi connectivity index (χ1n) is 5.94. The molecule has 5 nitrogen and oxygen atoms in total. The zero-order valence-corrected chi connectivity index (χ0v) is 10.7. The smallest absolute Gasteiger partial charge is 0.323 e. The van der Waals surface area contributed by atoms with Crippen molar-refractivity contribution in [3.05, 3.63) is 18.2 Å². The van der Waals surface area contributed by atoms with Gasteiger partial charge in [-0.05, 0) is 13.3 Å². The van der Waals surface area contributed by atoms with Crippen molar-refractivity contribution in [3.63, 3.8) is 0 Å². The Bertz CT molecular complexity index is 376. The van der Waals surface area contributed by atoms with Gasteiger partial charge in [0, 0.05) is 32.4 Å². The molecule has 1 aromatic heterocycles. The summed E-state index contributed by atoms with van der Waals surface area (Å²) >= 11 is 0. The first-order valence-corrected chi connectivity index (χ1v) is 5.94. The highest BCUT2D eigenvalue weighted by atomic mass is 16.4. The van der Waals surface area contributed by atoms with Crippen molar-refractivity contribution in [2.75, 3.05) is 6.54 Å². The SMILES string of the molecule is CCCC(C)(NCCc1nccn1C)C(=O)O. The van der Waals surface area contributed by atoms with Crippen LogP contribution in [0.2, 0.25) is 0 Å². The van der Waals surface area contributed by atoms with Crippen LogP contribution in [0.25, 0.3) is 0 Å². The second-order valence-corrected chi connectivity index (χ2v) is 4.52. The number of imidazole rings is 1. The average Bonchev–Trinajstić information content (AvgIpc) is 2.65. The van der Waals surface area contributed by atoms with Gasteiger partial charge in [-0.3, -0.25) is 4.79 Å². The summed E-state index contributed by atoms with van der Waals surface area (Å²) in [5, 5.41) is 12.3. The van der Waals surface area contributed by atoms with E-state index in [9.17, 15) is 9.90 Å². The number of hydrogen-bond donors (Lipinski definition) is 2. The highest BCUT2D eigenvalue weighted by Crippen LogP contribution is 2.12. The standard InChI is InChI=1S/C12H21N3O2/c1-4-6-12(2,11(16)17)14-7-5-10-13-8-9-15(10)3/h8-9,14H,4-7H2,1-3H3,(H,16,17). The van der Waals surface area contributed by atoms with E-state index >= 15 is 0 Å². The van der Waals surface area contributed by atoms with Crippen LogP contribution in [0.3, 0.4) is 0 Å². The molecule has 17 heavy (non-hydrogen) atoms. The largest absolute Gasteiger partial charge is 0.480 e. The fraction of sp³-hybridized carbons (Fsp3) is 0.667. The molecule has 1 atom stereocenters. The molecule has 1 aromatic rings. The van der Waals surface area contributed by atoms with Crippen LogP contribution >= 0.6 is 0 Å². The summed E-state index contributed by atoms with van der Waals surface area (Å²) in [6.07, 6.45) is 5.84. The summed E-state index contributed by atoms with van der Waals surface area (Å²) in [4.78, 5) is 15.4. The molecule has 0 amide bonds. The molecule has 0 fully saturated rings. The third-order valence-corrected chi connectivity index (χ3v) is 3.01. The highest BCUT2D eigenvalue weighted by Gasteiger charge is 2.31. The van der Waals surface area contributed by atoms with Crippen molar-refractivity contribution in [1.82, 2.24) is 14.9 Å². The molecule has 1 heterocycles. The minimum absolute atomic E-state index is 0.619. The third kappa shape index (κ3) is 3.56. The van der Waals surface area contributed by atoms with Crippen LogP contribution in [0.15, 0.2) is 12.4 Å². The van der Waals surface area contributed by atoms with Gasteiger partial charge < -0.3 is 15.0 Å². The minimum Gasteiger partial charge on any atom is -0.480 e.